The molecule has 1 atom stereocenters. The Bertz CT molecular complexity index is 1020. The van der Waals surface area contributed by atoms with Crippen molar-refractivity contribution in [2.45, 2.75) is 30.2 Å². The second-order valence-corrected chi connectivity index (χ2v) is 9.81. The predicted octanol–water partition coefficient (Wildman–Crippen LogP) is 2.21. The van der Waals surface area contributed by atoms with Gasteiger partial charge in [-0.2, -0.15) is 4.31 Å². The average Bonchev–Trinajstić information content (AvgIpc) is 2.84. The zero-order valence-electron chi connectivity index (χ0n) is 17.4. The van der Waals surface area contributed by atoms with Gasteiger partial charge in [-0.25, -0.2) is 8.42 Å². The van der Waals surface area contributed by atoms with Crippen molar-refractivity contribution in [3.8, 4) is 0 Å². The van der Waals surface area contributed by atoms with Crippen LogP contribution in [0.15, 0.2) is 65.6 Å². The second-order valence-electron chi connectivity index (χ2n) is 7.92. The summed E-state index contributed by atoms with van der Waals surface area (Å²) in [5, 5.41) is 0. The fourth-order valence-electron chi connectivity index (χ4n) is 4.27. The van der Waals surface area contributed by atoms with E-state index in [1.165, 1.54) is 4.31 Å². The van der Waals surface area contributed by atoms with Gasteiger partial charge in [0.15, 0.2) is 0 Å². The number of carbonyl (C=O) groups excluding carboxylic acids is 2. The van der Waals surface area contributed by atoms with Crippen LogP contribution < -0.4 is 0 Å². The summed E-state index contributed by atoms with van der Waals surface area (Å²) >= 11 is 0. The molecule has 7 nitrogen and oxygen atoms in total. The number of amides is 2. The first-order chi connectivity index (χ1) is 15.0. The first kappa shape index (κ1) is 21.5. The van der Waals surface area contributed by atoms with E-state index in [1.54, 1.807) is 52.3 Å². The molecule has 31 heavy (non-hydrogen) atoms. The number of benzene rings is 2. The lowest BCUT2D eigenvalue weighted by atomic mass is 10.0. The molecule has 1 unspecified atom stereocenters. The lowest BCUT2D eigenvalue weighted by Crippen LogP contribution is -2.57. The fraction of sp³-hybridized carbons (Fsp3) is 0.391. The molecule has 4 rings (SSSR count). The van der Waals surface area contributed by atoms with E-state index in [0.717, 1.165) is 12.8 Å². The number of carbonyl (C=O) groups is 2. The zero-order valence-corrected chi connectivity index (χ0v) is 18.2. The van der Waals surface area contributed by atoms with Crippen molar-refractivity contribution < 1.29 is 18.0 Å². The van der Waals surface area contributed by atoms with E-state index >= 15 is 0 Å². The highest BCUT2D eigenvalue weighted by molar-refractivity contribution is 7.89. The van der Waals surface area contributed by atoms with Crippen molar-refractivity contribution in [1.82, 2.24) is 14.1 Å². The number of sulfonamides is 1. The number of hydrogen-bond acceptors (Lipinski definition) is 4. The van der Waals surface area contributed by atoms with E-state index in [0.29, 0.717) is 44.7 Å². The minimum Gasteiger partial charge on any atom is -0.338 e. The van der Waals surface area contributed by atoms with Crippen LogP contribution in [0.4, 0.5) is 0 Å². The average molecular weight is 442 g/mol. The summed E-state index contributed by atoms with van der Waals surface area (Å²) in [5.41, 5.74) is 0.634. The third kappa shape index (κ3) is 4.50. The van der Waals surface area contributed by atoms with E-state index < -0.39 is 16.1 Å². The molecule has 2 amide bonds. The Hall–Kier alpha value is -2.71. The van der Waals surface area contributed by atoms with Crippen LogP contribution in [0.5, 0.6) is 0 Å². The van der Waals surface area contributed by atoms with E-state index in [9.17, 15) is 18.0 Å². The monoisotopic (exact) mass is 441 g/mol. The Balaban J connectivity index is 1.44. The zero-order chi connectivity index (χ0) is 21.8. The lowest BCUT2D eigenvalue weighted by molar-refractivity contribution is -0.137. The largest absolute Gasteiger partial charge is 0.338 e. The van der Waals surface area contributed by atoms with Gasteiger partial charge in [-0.05, 0) is 37.1 Å². The van der Waals surface area contributed by atoms with Gasteiger partial charge in [0.05, 0.1) is 4.90 Å². The minimum atomic E-state index is -3.73. The highest BCUT2D eigenvalue weighted by atomic mass is 32.2. The lowest BCUT2D eigenvalue weighted by Gasteiger charge is -2.40. The molecule has 0 aliphatic carbocycles. The van der Waals surface area contributed by atoms with Crippen molar-refractivity contribution >= 4 is 21.8 Å². The van der Waals surface area contributed by atoms with Crippen LogP contribution in [0.3, 0.4) is 0 Å². The molecular weight excluding hydrogens is 414 g/mol. The van der Waals surface area contributed by atoms with E-state index in [-0.39, 0.29) is 16.7 Å². The van der Waals surface area contributed by atoms with Crippen LogP contribution in [0, 0.1) is 0 Å². The summed E-state index contributed by atoms with van der Waals surface area (Å²) in [7, 11) is -3.73. The number of rotatable bonds is 4. The van der Waals surface area contributed by atoms with Crippen LogP contribution in [0.2, 0.25) is 0 Å². The van der Waals surface area contributed by atoms with Gasteiger partial charge >= 0.3 is 0 Å². The predicted molar refractivity (Wildman–Crippen MR) is 117 cm³/mol. The molecule has 2 aromatic rings. The van der Waals surface area contributed by atoms with Crippen LogP contribution in [-0.2, 0) is 14.8 Å². The summed E-state index contributed by atoms with van der Waals surface area (Å²) in [6.45, 7) is 2.05. The third-order valence-corrected chi connectivity index (χ3v) is 7.91. The maximum Gasteiger partial charge on any atom is 0.253 e. The molecule has 2 aliphatic rings. The molecule has 2 saturated heterocycles. The third-order valence-electron chi connectivity index (χ3n) is 5.99. The molecule has 164 valence electrons. The highest BCUT2D eigenvalue weighted by Crippen LogP contribution is 2.27. The van der Waals surface area contributed by atoms with Gasteiger partial charge in [-0.1, -0.05) is 42.8 Å². The van der Waals surface area contributed by atoms with Gasteiger partial charge in [-0.15, -0.1) is 0 Å². The van der Waals surface area contributed by atoms with Gasteiger partial charge in [0.1, 0.15) is 6.04 Å². The summed E-state index contributed by atoms with van der Waals surface area (Å²) in [6.07, 6.45) is 2.09. The molecule has 0 saturated carbocycles. The summed E-state index contributed by atoms with van der Waals surface area (Å²) in [5.74, 6) is -0.204. The van der Waals surface area contributed by atoms with Crippen molar-refractivity contribution in [1.29, 1.82) is 0 Å². The van der Waals surface area contributed by atoms with Gasteiger partial charge in [-0.3, -0.25) is 9.59 Å². The fourth-order valence-corrected chi connectivity index (χ4v) is 5.94. The highest BCUT2D eigenvalue weighted by Gasteiger charge is 2.40. The first-order valence-corrected chi connectivity index (χ1v) is 12.1. The Morgan fingerprint density at radius 3 is 1.97 bits per heavy atom. The van der Waals surface area contributed by atoms with Crippen molar-refractivity contribution in [2.24, 2.45) is 0 Å². The number of piperazine rings is 1. The molecule has 2 heterocycles. The molecule has 0 bridgehead atoms. The standard InChI is InChI=1S/C23H27N3O4S/c27-22(19-9-3-1-4-10-19)24-15-17-25(18-16-24)23(28)21-13-7-8-14-26(21)31(29,30)20-11-5-2-6-12-20/h1-6,9-12,21H,7-8,13-18H2. The summed E-state index contributed by atoms with van der Waals surface area (Å²) in [4.78, 5) is 29.6. The van der Waals surface area contributed by atoms with Crippen LogP contribution in [-0.4, -0.2) is 73.1 Å². The van der Waals surface area contributed by atoms with Crippen LogP contribution in [0.1, 0.15) is 29.6 Å². The van der Waals surface area contributed by atoms with Crippen LogP contribution in [0.25, 0.3) is 0 Å². The number of piperidine rings is 1. The van der Waals surface area contributed by atoms with E-state index in [1.807, 2.05) is 18.2 Å². The molecule has 0 radical (unpaired) electrons. The SMILES string of the molecule is O=C(c1ccccc1)N1CCN(C(=O)C2CCCCN2S(=O)(=O)c2ccccc2)CC1. The molecule has 8 heteroatoms. The number of hydrogen-bond donors (Lipinski definition) is 0. The van der Waals surface area contributed by atoms with E-state index in [4.69, 9.17) is 0 Å². The normalized spacial score (nSPS) is 20.5. The molecule has 0 aromatic heterocycles. The molecule has 0 spiro atoms. The quantitative estimate of drug-likeness (QED) is 0.729. The number of nitrogens with zero attached hydrogens (tertiary/aromatic N) is 3. The maximum absolute atomic E-state index is 13.3. The van der Waals surface area contributed by atoms with Crippen molar-refractivity contribution in [3.05, 3.63) is 66.2 Å². The van der Waals surface area contributed by atoms with E-state index in [2.05, 4.69) is 0 Å². The second kappa shape index (κ2) is 9.20. The first-order valence-electron chi connectivity index (χ1n) is 10.7. The van der Waals surface area contributed by atoms with Gasteiger partial charge in [0, 0.05) is 38.3 Å². The van der Waals surface area contributed by atoms with Gasteiger partial charge in [0.2, 0.25) is 15.9 Å². The molecular formula is C23H27N3O4S. The van der Waals surface area contributed by atoms with Crippen molar-refractivity contribution in [2.75, 3.05) is 32.7 Å². The van der Waals surface area contributed by atoms with Gasteiger partial charge in [0.25, 0.3) is 5.91 Å². The topological polar surface area (TPSA) is 78.0 Å². The maximum atomic E-state index is 13.3. The molecule has 0 N–H and O–H groups in total. The Kier molecular flexibility index (Phi) is 6.38. The molecule has 2 aliphatic heterocycles. The molecule has 2 fully saturated rings. The van der Waals surface area contributed by atoms with Crippen molar-refractivity contribution in [3.63, 3.8) is 0 Å². The smallest absolute Gasteiger partial charge is 0.253 e. The summed E-state index contributed by atoms with van der Waals surface area (Å²) in [6, 6.07) is 16.7. The Morgan fingerprint density at radius 2 is 1.32 bits per heavy atom. The van der Waals surface area contributed by atoms with Crippen LogP contribution >= 0.6 is 0 Å². The summed E-state index contributed by atoms with van der Waals surface area (Å²) < 4.78 is 27.7. The minimum absolute atomic E-state index is 0.0429. The Morgan fingerprint density at radius 1 is 0.742 bits per heavy atom. The van der Waals surface area contributed by atoms with Gasteiger partial charge < -0.3 is 9.80 Å². The Labute approximate surface area is 183 Å². The molecule has 2 aromatic carbocycles.